The van der Waals surface area contributed by atoms with Crippen LogP contribution in [0.1, 0.15) is 36.5 Å². The van der Waals surface area contributed by atoms with Gasteiger partial charge in [-0.15, -0.1) is 5.10 Å². The van der Waals surface area contributed by atoms with Gasteiger partial charge in [-0.25, -0.2) is 14.8 Å². The van der Waals surface area contributed by atoms with Gasteiger partial charge >= 0.3 is 11.9 Å². The Morgan fingerprint density at radius 3 is 2.51 bits per heavy atom. The highest BCUT2D eigenvalue weighted by Gasteiger charge is 2.40. The summed E-state index contributed by atoms with van der Waals surface area (Å²) in [5.74, 6) is -0.958. The van der Waals surface area contributed by atoms with Crippen LogP contribution in [0, 0.1) is 0 Å². The van der Waals surface area contributed by atoms with Crippen LogP contribution in [0.15, 0.2) is 34.4 Å². The molecule has 5 N–H and O–H groups in total. The maximum absolute atomic E-state index is 10.8. The van der Waals surface area contributed by atoms with Crippen LogP contribution in [0.5, 0.6) is 5.75 Å². The van der Waals surface area contributed by atoms with Crippen LogP contribution in [-0.2, 0) is 9.59 Å². The zero-order valence-corrected chi connectivity index (χ0v) is 21.2. The number of hydrogen-bond acceptors (Lipinski definition) is 12. The monoisotopic (exact) mass is 541 g/mol. The fraction of sp³-hybridized carbons (Fsp3) is 0.500. The first-order valence-corrected chi connectivity index (χ1v) is 12.7. The number of aliphatic hydroxyl groups excluding tert-OH is 1. The molecule has 3 aliphatic heterocycles. The van der Waals surface area contributed by atoms with Gasteiger partial charge < -0.3 is 30.7 Å². The number of hydrogen-bond donors (Lipinski definition) is 4. The Hall–Kier alpha value is -4.24. The molecular formula is C24H31N9O6. The first-order chi connectivity index (χ1) is 18.8. The summed E-state index contributed by atoms with van der Waals surface area (Å²) < 4.78 is 6.59. The van der Waals surface area contributed by atoms with Crippen molar-refractivity contribution < 1.29 is 29.6 Å². The summed E-state index contributed by atoms with van der Waals surface area (Å²) in [7, 11) is 0. The van der Waals surface area contributed by atoms with Crippen LogP contribution in [0.3, 0.4) is 0 Å². The number of aromatic nitrogens is 3. The van der Waals surface area contributed by atoms with E-state index in [9.17, 15) is 14.7 Å². The first kappa shape index (κ1) is 26.4. The van der Waals surface area contributed by atoms with Crippen molar-refractivity contribution in [2.75, 3.05) is 50.8 Å². The van der Waals surface area contributed by atoms with Crippen LogP contribution in [0.25, 0.3) is 0 Å². The average Bonchev–Trinajstić information content (AvgIpc) is 3.55. The van der Waals surface area contributed by atoms with E-state index in [1.54, 1.807) is 18.3 Å². The average molecular weight is 542 g/mol. The van der Waals surface area contributed by atoms with Crippen molar-refractivity contribution in [3.05, 3.63) is 35.9 Å². The van der Waals surface area contributed by atoms with Gasteiger partial charge in [-0.2, -0.15) is 9.78 Å². The minimum Gasteiger partial charge on any atom is -0.482 e. The lowest BCUT2D eigenvalue weighted by molar-refractivity contribution is -0.139. The van der Waals surface area contributed by atoms with Crippen molar-refractivity contribution in [3.63, 3.8) is 0 Å². The second-order valence-electron chi connectivity index (χ2n) is 9.55. The molecule has 3 aliphatic rings. The fourth-order valence-corrected chi connectivity index (χ4v) is 4.84. The molecule has 15 heteroatoms. The van der Waals surface area contributed by atoms with Gasteiger partial charge in [0.05, 0.1) is 12.5 Å². The molecule has 1 saturated heterocycles. The van der Waals surface area contributed by atoms with Crippen molar-refractivity contribution in [2.24, 2.45) is 15.8 Å². The summed E-state index contributed by atoms with van der Waals surface area (Å²) in [5.41, 5.74) is 7.21. The van der Waals surface area contributed by atoms with Gasteiger partial charge in [-0.05, 0) is 30.7 Å². The Balaban J connectivity index is 1.12. The molecule has 1 aromatic heterocycles. The highest BCUT2D eigenvalue weighted by atomic mass is 16.5. The fourth-order valence-electron chi connectivity index (χ4n) is 4.84. The minimum atomic E-state index is -1.11. The number of nitrogens with zero attached hydrogens (tertiary/aromatic N) is 8. The first-order valence-electron chi connectivity index (χ1n) is 12.7. The largest absolute Gasteiger partial charge is 0.482 e. The molecular weight excluding hydrogens is 510 g/mol. The SMILES string of the molecule is NC1=NC2C(C=NN2CCN2CCN(c3ccc(OCC(=O)O)cc3)CC2)c2nc([C@H](O)CCC(=O)O)nn21. The molecule has 0 amide bonds. The lowest BCUT2D eigenvalue weighted by Crippen LogP contribution is -2.49. The van der Waals surface area contributed by atoms with Crippen LogP contribution in [0.4, 0.5) is 5.69 Å². The van der Waals surface area contributed by atoms with E-state index in [2.05, 4.69) is 30.0 Å². The lowest BCUT2D eigenvalue weighted by atomic mass is 10.1. The van der Waals surface area contributed by atoms with Gasteiger partial charge in [-0.1, -0.05) is 0 Å². The number of fused-ring (bicyclic) bond motifs is 3. The van der Waals surface area contributed by atoms with Crippen LogP contribution < -0.4 is 15.4 Å². The normalized spacial score (nSPS) is 21.3. The van der Waals surface area contributed by atoms with Gasteiger partial charge in [0, 0.05) is 51.0 Å². The van der Waals surface area contributed by atoms with Crippen molar-refractivity contribution in [2.45, 2.75) is 31.0 Å². The molecule has 5 rings (SSSR count). The number of carboxylic acids is 2. The topological polar surface area (TPSA) is 195 Å². The third-order valence-corrected chi connectivity index (χ3v) is 6.94. The zero-order valence-electron chi connectivity index (χ0n) is 21.2. The number of benzene rings is 1. The van der Waals surface area contributed by atoms with E-state index in [0.29, 0.717) is 18.1 Å². The van der Waals surface area contributed by atoms with Crippen molar-refractivity contribution in [1.29, 1.82) is 0 Å². The predicted molar refractivity (Wildman–Crippen MR) is 139 cm³/mol. The van der Waals surface area contributed by atoms with E-state index < -0.39 is 18.0 Å². The van der Waals surface area contributed by atoms with E-state index in [0.717, 1.165) is 38.4 Å². The summed E-state index contributed by atoms with van der Waals surface area (Å²) in [6.45, 7) is 4.53. The summed E-state index contributed by atoms with van der Waals surface area (Å²) >= 11 is 0. The number of carboxylic acid groups (broad SMARTS) is 2. The van der Waals surface area contributed by atoms with Crippen LogP contribution in [0.2, 0.25) is 0 Å². The van der Waals surface area contributed by atoms with E-state index in [1.165, 1.54) is 4.68 Å². The van der Waals surface area contributed by atoms with Crippen LogP contribution in [-0.4, -0.2) is 116 Å². The highest BCUT2D eigenvalue weighted by Crippen LogP contribution is 2.31. The zero-order chi connectivity index (χ0) is 27.5. The van der Waals surface area contributed by atoms with E-state index >= 15 is 0 Å². The number of carbonyl (C=O) groups is 2. The van der Waals surface area contributed by atoms with Gasteiger partial charge in [0.2, 0.25) is 5.96 Å². The molecule has 4 heterocycles. The molecule has 2 aromatic rings. The minimum absolute atomic E-state index is 0.00389. The number of aliphatic carboxylic acids is 2. The third-order valence-electron chi connectivity index (χ3n) is 6.94. The van der Waals surface area contributed by atoms with Crippen LogP contribution >= 0.6 is 0 Å². The molecule has 15 nitrogen and oxygen atoms in total. The van der Waals surface area contributed by atoms with Gasteiger partial charge in [0.25, 0.3) is 0 Å². The number of ether oxygens (including phenoxy) is 1. The number of aliphatic imine (C=N–C) groups is 1. The predicted octanol–water partition coefficient (Wildman–Crippen LogP) is -0.651. The van der Waals surface area contributed by atoms with Gasteiger partial charge in [0.15, 0.2) is 18.6 Å². The molecule has 1 fully saturated rings. The quantitative estimate of drug-likeness (QED) is 0.281. The van der Waals surface area contributed by atoms with Gasteiger partial charge in [-0.3, -0.25) is 14.7 Å². The molecule has 0 bridgehead atoms. The molecule has 39 heavy (non-hydrogen) atoms. The summed E-state index contributed by atoms with van der Waals surface area (Å²) in [4.78, 5) is 35.1. The van der Waals surface area contributed by atoms with E-state index in [4.69, 9.17) is 20.7 Å². The van der Waals surface area contributed by atoms with Crippen molar-refractivity contribution in [3.8, 4) is 5.75 Å². The Bertz CT molecular complexity index is 1260. The second kappa shape index (κ2) is 11.2. The molecule has 3 atom stereocenters. The molecule has 0 spiro atoms. The number of hydrazone groups is 1. The molecule has 0 aliphatic carbocycles. The Labute approximate surface area is 223 Å². The smallest absolute Gasteiger partial charge is 0.341 e. The number of nitrogens with two attached hydrogens (primary N) is 1. The number of rotatable bonds is 11. The molecule has 0 saturated carbocycles. The van der Waals surface area contributed by atoms with E-state index in [-0.39, 0.29) is 43.3 Å². The van der Waals surface area contributed by atoms with Crippen molar-refractivity contribution in [1.82, 2.24) is 24.7 Å². The molecule has 2 unspecified atom stereocenters. The maximum atomic E-state index is 10.8. The third kappa shape index (κ3) is 5.93. The van der Waals surface area contributed by atoms with Crippen molar-refractivity contribution >= 4 is 29.8 Å². The Morgan fingerprint density at radius 1 is 1.08 bits per heavy atom. The standard InChI is InChI=1S/C24H31N9O6/c25-24-28-22-17(23-27-21(29-33(23)24)18(34)5-6-19(35)36)13-26-32(22)12-9-30-7-10-31(11-8-30)15-1-3-16(4-2-15)39-14-20(37)38/h1-4,13,17-18,22,34H,5-12,14H2,(H2,25,28)(H,35,36)(H,37,38)/t17?,18-,22?/m1/s1. The summed E-state index contributed by atoms with van der Waals surface area (Å²) in [5, 5.41) is 38.6. The highest BCUT2D eigenvalue weighted by molar-refractivity contribution is 5.84. The summed E-state index contributed by atoms with van der Waals surface area (Å²) in [6, 6.07) is 7.44. The lowest BCUT2D eigenvalue weighted by Gasteiger charge is -2.37. The Kier molecular flexibility index (Phi) is 7.60. The second-order valence-corrected chi connectivity index (χ2v) is 9.55. The molecule has 1 aromatic carbocycles. The van der Waals surface area contributed by atoms with Gasteiger partial charge in [0.1, 0.15) is 17.7 Å². The molecule has 0 radical (unpaired) electrons. The Morgan fingerprint density at radius 2 is 1.82 bits per heavy atom. The number of anilines is 1. The maximum Gasteiger partial charge on any atom is 0.341 e. The molecule has 208 valence electrons. The summed E-state index contributed by atoms with van der Waals surface area (Å²) in [6.07, 6.45) is 0.107. The number of piperazine rings is 1. The number of aliphatic hydroxyl groups is 1. The van der Waals surface area contributed by atoms with E-state index in [1.807, 2.05) is 17.1 Å².